The highest BCUT2D eigenvalue weighted by molar-refractivity contribution is 6.60. The molecule has 0 radical (unpaired) electrons. The maximum absolute atomic E-state index is 5.48. The molecule has 2 aromatic carbocycles. The van der Waals surface area contributed by atoms with Crippen molar-refractivity contribution in [2.45, 2.75) is 31.4 Å². The summed E-state index contributed by atoms with van der Waals surface area (Å²) >= 11 is 0. The molecule has 0 aliphatic carbocycles. The molecule has 3 rings (SSSR count). The van der Waals surface area contributed by atoms with Gasteiger partial charge in [0.2, 0.25) is 0 Å². The molecule has 1 heterocycles. The molecule has 0 bridgehead atoms. The van der Waals surface area contributed by atoms with Crippen molar-refractivity contribution in [3.05, 3.63) is 59.7 Å². The Labute approximate surface area is 157 Å². The van der Waals surface area contributed by atoms with Crippen LogP contribution in [0.15, 0.2) is 48.5 Å². The quantitative estimate of drug-likeness (QED) is 0.465. The van der Waals surface area contributed by atoms with Gasteiger partial charge in [0.05, 0.1) is 12.7 Å². The number of hydrogen-bond acceptors (Lipinski definition) is 4. The number of benzene rings is 2. The molecule has 0 N–H and O–H groups in total. The van der Waals surface area contributed by atoms with Gasteiger partial charge in [-0.25, -0.2) is 0 Å². The molecule has 1 saturated heterocycles. The molecular formula is C21H28O4Si. The maximum atomic E-state index is 5.48. The molecule has 1 atom stereocenters. The first-order valence-electron chi connectivity index (χ1n) is 9.13. The van der Waals surface area contributed by atoms with Crippen LogP contribution in [-0.4, -0.2) is 42.8 Å². The summed E-state index contributed by atoms with van der Waals surface area (Å²) < 4.78 is 21.7. The topological polar surface area (TPSA) is 40.2 Å². The van der Waals surface area contributed by atoms with Crippen LogP contribution in [0.4, 0.5) is 0 Å². The van der Waals surface area contributed by atoms with E-state index < -0.39 is 8.80 Å². The fourth-order valence-corrected chi connectivity index (χ4v) is 4.93. The molecule has 26 heavy (non-hydrogen) atoms. The minimum absolute atomic E-state index is 0.441. The molecule has 4 nitrogen and oxygen atoms in total. The van der Waals surface area contributed by atoms with Crippen LogP contribution in [-0.2, 0) is 30.9 Å². The van der Waals surface area contributed by atoms with Gasteiger partial charge < -0.3 is 18.0 Å². The molecule has 1 unspecified atom stereocenters. The third-order valence-corrected chi connectivity index (χ3v) is 7.82. The van der Waals surface area contributed by atoms with Crippen LogP contribution >= 0.6 is 0 Å². The summed E-state index contributed by atoms with van der Waals surface area (Å²) in [6, 6.07) is 18.4. The van der Waals surface area contributed by atoms with E-state index in [0.29, 0.717) is 6.10 Å². The maximum Gasteiger partial charge on any atom is 0.500 e. The zero-order valence-corrected chi connectivity index (χ0v) is 16.9. The van der Waals surface area contributed by atoms with Gasteiger partial charge in [-0.2, -0.15) is 0 Å². The van der Waals surface area contributed by atoms with Crippen LogP contribution in [0.2, 0.25) is 6.04 Å². The zero-order valence-electron chi connectivity index (χ0n) is 15.9. The lowest BCUT2D eigenvalue weighted by Gasteiger charge is -2.24. The second-order valence-electron chi connectivity index (χ2n) is 6.70. The number of hydrogen-bond donors (Lipinski definition) is 0. The Bertz CT molecular complexity index is 668. The van der Waals surface area contributed by atoms with E-state index in [2.05, 4.69) is 48.5 Å². The summed E-state index contributed by atoms with van der Waals surface area (Å²) in [6.45, 7) is 0.909. The Morgan fingerprint density at radius 1 is 0.846 bits per heavy atom. The summed E-state index contributed by atoms with van der Waals surface area (Å²) in [6.07, 6.45) is 3.44. The highest BCUT2D eigenvalue weighted by atomic mass is 28.4. The van der Waals surface area contributed by atoms with E-state index in [0.717, 1.165) is 31.9 Å². The first-order valence-corrected chi connectivity index (χ1v) is 11.1. The van der Waals surface area contributed by atoms with Crippen molar-refractivity contribution in [3.8, 4) is 11.1 Å². The van der Waals surface area contributed by atoms with Gasteiger partial charge in [-0.15, -0.1) is 0 Å². The zero-order chi connectivity index (χ0) is 18.4. The van der Waals surface area contributed by atoms with E-state index in [1.54, 1.807) is 21.3 Å². The van der Waals surface area contributed by atoms with Crippen molar-refractivity contribution >= 4 is 8.80 Å². The monoisotopic (exact) mass is 372 g/mol. The average Bonchev–Trinajstić information content (AvgIpc) is 3.51. The first kappa shape index (κ1) is 19.3. The van der Waals surface area contributed by atoms with E-state index in [1.165, 1.54) is 22.3 Å². The molecule has 0 aromatic heterocycles. The van der Waals surface area contributed by atoms with Gasteiger partial charge in [-0.1, -0.05) is 48.5 Å². The minimum atomic E-state index is -2.46. The third kappa shape index (κ3) is 5.02. The average molecular weight is 373 g/mol. The van der Waals surface area contributed by atoms with Crippen LogP contribution in [0.25, 0.3) is 11.1 Å². The second-order valence-corrected chi connectivity index (χ2v) is 9.79. The molecule has 2 aromatic rings. The van der Waals surface area contributed by atoms with Crippen molar-refractivity contribution in [1.29, 1.82) is 0 Å². The standard InChI is InChI=1S/C21H28O4Si/c1-22-26(23-2,24-3)14-4-5-17-6-10-19(11-7-17)20-12-8-18(9-13-20)15-21-16-25-21/h6-13,21H,4-5,14-16H2,1-3H3. The SMILES string of the molecule is CO[Si](CCCc1ccc(-c2ccc(CC3CO3)cc2)cc1)(OC)OC. The molecule has 0 amide bonds. The third-order valence-electron chi connectivity index (χ3n) is 4.99. The number of epoxide rings is 1. The first-order chi connectivity index (χ1) is 12.7. The fourth-order valence-electron chi connectivity index (χ4n) is 3.21. The summed E-state index contributed by atoms with van der Waals surface area (Å²) in [5.74, 6) is 0. The molecule has 5 heteroatoms. The number of aryl methyl sites for hydroxylation is 1. The van der Waals surface area contributed by atoms with Gasteiger partial charge in [0.15, 0.2) is 0 Å². The summed E-state index contributed by atoms with van der Waals surface area (Å²) in [5, 5.41) is 0. The fraction of sp³-hybridized carbons (Fsp3) is 0.429. The molecule has 1 fully saturated rings. The Morgan fingerprint density at radius 2 is 1.35 bits per heavy atom. The van der Waals surface area contributed by atoms with E-state index >= 15 is 0 Å². The van der Waals surface area contributed by atoms with Crippen LogP contribution in [0, 0.1) is 0 Å². The Kier molecular flexibility index (Phi) is 6.61. The molecule has 140 valence electrons. The summed E-state index contributed by atoms with van der Waals surface area (Å²) in [7, 11) is 2.53. The molecule has 1 aliphatic rings. The van der Waals surface area contributed by atoms with Gasteiger partial charge in [0, 0.05) is 33.8 Å². The highest BCUT2D eigenvalue weighted by Crippen LogP contribution is 2.24. The van der Waals surface area contributed by atoms with Crippen molar-refractivity contribution in [2.24, 2.45) is 0 Å². The van der Waals surface area contributed by atoms with Crippen molar-refractivity contribution in [3.63, 3.8) is 0 Å². The summed E-state index contributed by atoms with van der Waals surface area (Å²) in [4.78, 5) is 0. The molecule has 1 aliphatic heterocycles. The van der Waals surface area contributed by atoms with Crippen molar-refractivity contribution in [2.75, 3.05) is 27.9 Å². The van der Waals surface area contributed by atoms with Gasteiger partial charge in [0.25, 0.3) is 0 Å². The van der Waals surface area contributed by atoms with Crippen molar-refractivity contribution in [1.82, 2.24) is 0 Å². The van der Waals surface area contributed by atoms with Gasteiger partial charge in [-0.3, -0.25) is 0 Å². The molecular weight excluding hydrogens is 344 g/mol. The van der Waals surface area contributed by atoms with Gasteiger partial charge in [-0.05, 0) is 35.1 Å². The van der Waals surface area contributed by atoms with Crippen LogP contribution in [0.3, 0.4) is 0 Å². The van der Waals surface area contributed by atoms with Crippen LogP contribution in [0.1, 0.15) is 17.5 Å². The Balaban J connectivity index is 1.54. The molecule has 0 spiro atoms. The Morgan fingerprint density at radius 3 is 1.81 bits per heavy atom. The van der Waals surface area contributed by atoms with E-state index in [4.69, 9.17) is 18.0 Å². The number of rotatable bonds is 10. The van der Waals surface area contributed by atoms with Crippen LogP contribution < -0.4 is 0 Å². The van der Waals surface area contributed by atoms with E-state index in [9.17, 15) is 0 Å². The highest BCUT2D eigenvalue weighted by Gasteiger charge is 2.36. The normalized spacial score (nSPS) is 16.7. The number of ether oxygens (including phenoxy) is 1. The Hall–Kier alpha value is -1.50. The lowest BCUT2D eigenvalue weighted by Crippen LogP contribution is -2.42. The molecule has 0 saturated carbocycles. The second kappa shape index (κ2) is 8.93. The van der Waals surface area contributed by atoms with Gasteiger partial charge in [0.1, 0.15) is 0 Å². The smallest absolute Gasteiger partial charge is 0.377 e. The van der Waals surface area contributed by atoms with Crippen molar-refractivity contribution < 1.29 is 18.0 Å². The van der Waals surface area contributed by atoms with Crippen LogP contribution in [0.5, 0.6) is 0 Å². The van der Waals surface area contributed by atoms with E-state index in [1.807, 2.05) is 0 Å². The summed E-state index contributed by atoms with van der Waals surface area (Å²) in [5.41, 5.74) is 5.16. The van der Waals surface area contributed by atoms with Gasteiger partial charge >= 0.3 is 8.80 Å². The largest absolute Gasteiger partial charge is 0.500 e. The lowest BCUT2D eigenvalue weighted by atomic mass is 10.00. The minimum Gasteiger partial charge on any atom is -0.377 e. The lowest BCUT2D eigenvalue weighted by molar-refractivity contribution is 0.123. The predicted molar refractivity (Wildman–Crippen MR) is 105 cm³/mol. The predicted octanol–water partition coefficient (Wildman–Crippen LogP) is 4.11. The van der Waals surface area contributed by atoms with E-state index in [-0.39, 0.29) is 0 Å².